The molecular weight excluding hydrogens is 300 g/mol. The fourth-order valence-corrected chi connectivity index (χ4v) is 5.42. The van der Waals surface area contributed by atoms with Crippen molar-refractivity contribution >= 4 is 31.6 Å². The van der Waals surface area contributed by atoms with E-state index in [0.29, 0.717) is 0 Å². The highest BCUT2D eigenvalue weighted by atomic mass is 35.7. The van der Waals surface area contributed by atoms with Crippen molar-refractivity contribution < 1.29 is 0 Å². The first kappa shape index (κ1) is 14.5. The van der Waals surface area contributed by atoms with Crippen molar-refractivity contribution in [2.75, 3.05) is 16.8 Å². The lowest BCUT2D eigenvalue weighted by molar-refractivity contribution is 0.949. The van der Waals surface area contributed by atoms with Gasteiger partial charge in [0.25, 0.3) is 0 Å². The lowest BCUT2D eigenvalue weighted by Crippen LogP contribution is -2.14. The van der Waals surface area contributed by atoms with Gasteiger partial charge in [0.1, 0.15) is 5.84 Å². The highest BCUT2D eigenvalue weighted by molar-refractivity contribution is 8.50. The van der Waals surface area contributed by atoms with Gasteiger partial charge in [-0.3, -0.25) is 0 Å². The Morgan fingerprint density at radius 1 is 0.905 bits per heavy atom. The minimum atomic E-state index is -1.37. The minimum Gasteiger partial charge on any atom is -0.339 e. The standard InChI is InChI=1S/C17H19ClN2S/c18-21(13-7-8-14-21)20-17(15-9-3-1-4-10-15)19-16-11-5-2-6-12-16/h1-6,9-12H,7-8,13-14H2,(H,19,20). The largest absolute Gasteiger partial charge is 0.339 e. The first-order valence-electron chi connectivity index (χ1n) is 7.21. The number of para-hydroxylation sites is 1. The third-order valence-electron chi connectivity index (χ3n) is 3.50. The molecule has 1 fully saturated rings. The van der Waals surface area contributed by atoms with Crippen LogP contribution in [0, 0.1) is 0 Å². The van der Waals surface area contributed by atoms with Gasteiger partial charge in [0.15, 0.2) is 0 Å². The van der Waals surface area contributed by atoms with Gasteiger partial charge >= 0.3 is 0 Å². The van der Waals surface area contributed by atoms with Crippen LogP contribution in [-0.4, -0.2) is 17.3 Å². The predicted molar refractivity (Wildman–Crippen MR) is 95.5 cm³/mol. The first-order valence-corrected chi connectivity index (χ1v) is 9.96. The van der Waals surface area contributed by atoms with E-state index in [4.69, 9.17) is 15.1 Å². The summed E-state index contributed by atoms with van der Waals surface area (Å²) in [7, 11) is 5.36. The van der Waals surface area contributed by atoms with Crippen molar-refractivity contribution in [2.45, 2.75) is 12.8 Å². The van der Waals surface area contributed by atoms with E-state index < -0.39 is 9.43 Å². The van der Waals surface area contributed by atoms with E-state index in [9.17, 15) is 0 Å². The van der Waals surface area contributed by atoms with E-state index >= 15 is 0 Å². The number of hydrogen-bond donors (Lipinski definition) is 1. The lowest BCUT2D eigenvalue weighted by Gasteiger charge is -2.23. The Balaban J connectivity index is 1.93. The van der Waals surface area contributed by atoms with Crippen LogP contribution in [0.1, 0.15) is 18.4 Å². The molecule has 0 radical (unpaired) electrons. The van der Waals surface area contributed by atoms with Crippen molar-refractivity contribution in [3.8, 4) is 0 Å². The predicted octanol–water partition coefficient (Wildman–Crippen LogP) is 5.21. The minimum absolute atomic E-state index is 0.883. The molecule has 21 heavy (non-hydrogen) atoms. The van der Waals surface area contributed by atoms with Crippen LogP contribution in [0.4, 0.5) is 5.69 Å². The summed E-state index contributed by atoms with van der Waals surface area (Å²) in [4.78, 5) is 0. The highest BCUT2D eigenvalue weighted by Crippen LogP contribution is 2.60. The van der Waals surface area contributed by atoms with Gasteiger partial charge < -0.3 is 5.32 Å². The van der Waals surface area contributed by atoms with Crippen LogP contribution < -0.4 is 5.32 Å². The third kappa shape index (κ3) is 3.80. The molecule has 3 rings (SSSR count). The van der Waals surface area contributed by atoms with E-state index in [1.165, 1.54) is 12.8 Å². The zero-order valence-electron chi connectivity index (χ0n) is 11.8. The molecule has 1 aliphatic heterocycles. The maximum atomic E-state index is 6.74. The van der Waals surface area contributed by atoms with Crippen molar-refractivity contribution in [1.29, 1.82) is 0 Å². The van der Waals surface area contributed by atoms with Gasteiger partial charge in [0.2, 0.25) is 0 Å². The number of hydrogen-bond acceptors (Lipinski definition) is 1. The van der Waals surface area contributed by atoms with Gasteiger partial charge in [-0.1, -0.05) is 58.0 Å². The molecule has 0 saturated carbocycles. The van der Waals surface area contributed by atoms with Crippen molar-refractivity contribution in [3.05, 3.63) is 66.2 Å². The Bertz CT molecular complexity index is 607. The molecule has 2 aromatic carbocycles. The van der Waals surface area contributed by atoms with Gasteiger partial charge in [0, 0.05) is 22.8 Å². The summed E-state index contributed by atoms with van der Waals surface area (Å²) in [6.45, 7) is 0. The van der Waals surface area contributed by atoms with Gasteiger partial charge in [-0.25, -0.2) is 4.40 Å². The van der Waals surface area contributed by atoms with Gasteiger partial charge in [-0.2, -0.15) is 0 Å². The summed E-state index contributed by atoms with van der Waals surface area (Å²) in [5.74, 6) is 2.94. The molecular formula is C17H19ClN2S. The zero-order valence-corrected chi connectivity index (χ0v) is 13.4. The molecule has 1 saturated heterocycles. The summed E-state index contributed by atoms with van der Waals surface area (Å²) in [6, 6.07) is 20.4. The molecule has 4 heteroatoms. The summed E-state index contributed by atoms with van der Waals surface area (Å²) in [5.41, 5.74) is 2.12. The average Bonchev–Trinajstić information content (AvgIpc) is 2.95. The monoisotopic (exact) mass is 318 g/mol. The molecule has 0 unspecified atom stereocenters. The smallest absolute Gasteiger partial charge is 0.145 e. The molecule has 1 N–H and O–H groups in total. The Morgan fingerprint density at radius 2 is 1.48 bits per heavy atom. The van der Waals surface area contributed by atoms with E-state index in [0.717, 1.165) is 28.6 Å². The molecule has 2 aromatic rings. The Morgan fingerprint density at radius 3 is 2.10 bits per heavy atom. The highest BCUT2D eigenvalue weighted by Gasteiger charge is 2.26. The van der Waals surface area contributed by atoms with Crippen LogP contribution in [0.3, 0.4) is 0 Å². The Kier molecular flexibility index (Phi) is 4.51. The van der Waals surface area contributed by atoms with Crippen molar-refractivity contribution in [3.63, 3.8) is 0 Å². The first-order chi connectivity index (χ1) is 10.3. The lowest BCUT2D eigenvalue weighted by atomic mass is 10.2. The number of amidine groups is 1. The summed E-state index contributed by atoms with van der Waals surface area (Å²) < 4.78 is 4.93. The number of benzene rings is 2. The topological polar surface area (TPSA) is 24.4 Å². The normalized spacial score (nSPS) is 19.2. The number of anilines is 1. The SMILES string of the molecule is ClS1(/N=C(/Nc2ccccc2)c2ccccc2)CCCC1. The fourth-order valence-electron chi connectivity index (χ4n) is 2.41. The number of nitrogens with zero attached hydrogens (tertiary/aromatic N) is 1. The van der Waals surface area contributed by atoms with Crippen LogP contribution in [0.2, 0.25) is 0 Å². The van der Waals surface area contributed by atoms with Gasteiger partial charge in [0.05, 0.1) is 0 Å². The van der Waals surface area contributed by atoms with E-state index in [1.54, 1.807) is 0 Å². The molecule has 0 aliphatic carbocycles. The van der Waals surface area contributed by atoms with Crippen LogP contribution in [0.15, 0.2) is 65.1 Å². The molecule has 0 bridgehead atoms. The quantitative estimate of drug-likeness (QED) is 0.609. The molecule has 0 spiro atoms. The van der Waals surface area contributed by atoms with E-state index in [2.05, 4.69) is 17.4 Å². The summed E-state index contributed by atoms with van der Waals surface area (Å²) >= 11 is 0. The van der Waals surface area contributed by atoms with Crippen molar-refractivity contribution in [2.24, 2.45) is 4.40 Å². The molecule has 2 nitrogen and oxygen atoms in total. The van der Waals surface area contributed by atoms with Crippen LogP contribution in [0.5, 0.6) is 0 Å². The van der Waals surface area contributed by atoms with Gasteiger partial charge in [-0.05, 0) is 35.7 Å². The fraction of sp³-hybridized carbons (Fsp3) is 0.235. The van der Waals surface area contributed by atoms with Crippen LogP contribution in [0.25, 0.3) is 0 Å². The van der Waals surface area contributed by atoms with Crippen LogP contribution in [-0.2, 0) is 0 Å². The van der Waals surface area contributed by atoms with E-state index in [-0.39, 0.29) is 0 Å². The zero-order chi connectivity index (χ0) is 14.5. The van der Waals surface area contributed by atoms with Crippen LogP contribution >= 0.6 is 20.1 Å². The number of rotatable bonds is 3. The molecule has 0 aromatic heterocycles. The molecule has 110 valence electrons. The summed E-state index contributed by atoms with van der Waals surface area (Å²) in [6.07, 6.45) is 2.38. The summed E-state index contributed by atoms with van der Waals surface area (Å²) in [5, 5.41) is 3.43. The second-order valence-corrected chi connectivity index (χ2v) is 9.38. The van der Waals surface area contributed by atoms with Gasteiger partial charge in [-0.15, -0.1) is 0 Å². The molecule has 0 amide bonds. The average molecular weight is 319 g/mol. The molecule has 1 heterocycles. The Hall–Kier alpha value is -1.45. The second-order valence-electron chi connectivity index (χ2n) is 5.16. The maximum Gasteiger partial charge on any atom is 0.145 e. The molecule has 0 atom stereocenters. The number of halogens is 1. The maximum absolute atomic E-state index is 6.74. The Labute approximate surface area is 132 Å². The van der Waals surface area contributed by atoms with Crippen molar-refractivity contribution in [1.82, 2.24) is 0 Å². The molecule has 1 aliphatic rings. The third-order valence-corrected chi connectivity index (χ3v) is 6.97. The number of nitrogens with one attached hydrogen (secondary N) is 1. The van der Waals surface area contributed by atoms with E-state index in [1.807, 2.05) is 48.5 Å². The second kappa shape index (κ2) is 6.54.